The van der Waals surface area contributed by atoms with Gasteiger partial charge in [-0.15, -0.1) is 10.2 Å². The Morgan fingerprint density at radius 2 is 2.27 bits per heavy atom. The number of ether oxygens (including phenoxy) is 1. The molecule has 0 saturated heterocycles. The van der Waals surface area contributed by atoms with Gasteiger partial charge in [0.25, 0.3) is 0 Å². The fourth-order valence-electron chi connectivity index (χ4n) is 1.77. The first-order chi connectivity index (χ1) is 10.7. The minimum absolute atomic E-state index is 0.137. The molecule has 0 radical (unpaired) electrons. The number of esters is 1. The van der Waals surface area contributed by atoms with Crippen LogP contribution in [0.5, 0.6) is 0 Å². The van der Waals surface area contributed by atoms with Crippen LogP contribution in [0.25, 0.3) is 0 Å². The van der Waals surface area contributed by atoms with Gasteiger partial charge in [-0.2, -0.15) is 0 Å². The van der Waals surface area contributed by atoms with Gasteiger partial charge < -0.3 is 10.1 Å². The van der Waals surface area contributed by atoms with E-state index < -0.39 is 0 Å². The van der Waals surface area contributed by atoms with E-state index in [1.165, 1.54) is 16.9 Å². The lowest BCUT2D eigenvalue weighted by Crippen LogP contribution is -2.03. The fourth-order valence-corrected chi connectivity index (χ4v) is 3.56. The smallest absolute Gasteiger partial charge is 0.305 e. The summed E-state index contributed by atoms with van der Waals surface area (Å²) in [5.41, 5.74) is 2.21. The van der Waals surface area contributed by atoms with Crippen LogP contribution in [0.1, 0.15) is 25.3 Å². The van der Waals surface area contributed by atoms with E-state index in [2.05, 4.69) is 34.6 Å². The van der Waals surface area contributed by atoms with Crippen LogP contribution in [-0.2, 0) is 9.53 Å². The molecule has 2 aromatic rings. The number of thioether (sulfide) groups is 1. The van der Waals surface area contributed by atoms with Crippen molar-refractivity contribution in [1.82, 2.24) is 10.2 Å². The van der Waals surface area contributed by atoms with Crippen LogP contribution in [0, 0.1) is 6.92 Å². The van der Waals surface area contributed by atoms with Crippen molar-refractivity contribution in [2.24, 2.45) is 0 Å². The van der Waals surface area contributed by atoms with Crippen molar-refractivity contribution >= 4 is 39.9 Å². The van der Waals surface area contributed by atoms with Crippen molar-refractivity contribution in [2.75, 3.05) is 17.7 Å². The van der Waals surface area contributed by atoms with Gasteiger partial charge in [0.05, 0.1) is 6.61 Å². The van der Waals surface area contributed by atoms with Crippen molar-refractivity contribution < 1.29 is 9.53 Å². The van der Waals surface area contributed by atoms with E-state index in [4.69, 9.17) is 4.74 Å². The van der Waals surface area contributed by atoms with E-state index in [-0.39, 0.29) is 5.97 Å². The number of nitrogens with one attached hydrogen (secondary N) is 1. The predicted molar refractivity (Wildman–Crippen MR) is 91.0 cm³/mol. The summed E-state index contributed by atoms with van der Waals surface area (Å²) in [6, 6.07) is 8.12. The van der Waals surface area contributed by atoms with Crippen molar-refractivity contribution in [3.05, 3.63) is 29.8 Å². The van der Waals surface area contributed by atoms with Crippen molar-refractivity contribution in [2.45, 2.75) is 31.0 Å². The molecular formula is C15H19N3O2S2. The lowest BCUT2D eigenvalue weighted by molar-refractivity contribution is -0.143. The monoisotopic (exact) mass is 337 g/mol. The van der Waals surface area contributed by atoms with E-state index in [1.807, 2.05) is 19.1 Å². The summed E-state index contributed by atoms with van der Waals surface area (Å²) in [5, 5.41) is 12.3. The average molecular weight is 337 g/mol. The summed E-state index contributed by atoms with van der Waals surface area (Å²) in [5.74, 6) is 0.694. The minimum atomic E-state index is -0.137. The number of benzene rings is 1. The van der Waals surface area contributed by atoms with Gasteiger partial charge in [0.1, 0.15) is 0 Å². The lowest BCUT2D eigenvalue weighted by atomic mass is 10.2. The van der Waals surface area contributed by atoms with E-state index in [0.717, 1.165) is 27.3 Å². The zero-order chi connectivity index (χ0) is 15.8. The molecule has 0 fully saturated rings. The second kappa shape index (κ2) is 8.75. The first kappa shape index (κ1) is 16.8. The zero-order valence-electron chi connectivity index (χ0n) is 12.7. The SMILES string of the molecule is CCOC(=O)CCCSc1nnc(Nc2cccc(C)c2)s1. The molecule has 7 heteroatoms. The molecule has 1 aromatic carbocycles. The Kier molecular flexibility index (Phi) is 6.67. The summed E-state index contributed by atoms with van der Waals surface area (Å²) in [6.07, 6.45) is 1.23. The topological polar surface area (TPSA) is 64.1 Å². The average Bonchev–Trinajstić information content (AvgIpc) is 2.91. The summed E-state index contributed by atoms with van der Waals surface area (Å²) >= 11 is 3.13. The Morgan fingerprint density at radius 3 is 3.05 bits per heavy atom. The molecule has 0 unspecified atom stereocenters. The normalized spacial score (nSPS) is 10.5. The third-order valence-electron chi connectivity index (χ3n) is 2.73. The molecule has 2 rings (SSSR count). The molecule has 0 aliphatic carbocycles. The summed E-state index contributed by atoms with van der Waals surface area (Å²) in [7, 11) is 0. The largest absolute Gasteiger partial charge is 0.466 e. The molecule has 118 valence electrons. The molecule has 5 nitrogen and oxygen atoms in total. The molecule has 0 amide bonds. The van der Waals surface area contributed by atoms with Crippen molar-refractivity contribution in [3.8, 4) is 0 Å². The van der Waals surface area contributed by atoms with Crippen molar-refractivity contribution in [3.63, 3.8) is 0 Å². The number of hydrogen-bond donors (Lipinski definition) is 1. The summed E-state index contributed by atoms with van der Waals surface area (Å²) in [4.78, 5) is 11.2. The lowest BCUT2D eigenvalue weighted by Gasteiger charge is -2.02. The van der Waals surface area contributed by atoms with E-state index >= 15 is 0 Å². The maximum atomic E-state index is 11.2. The number of aryl methyl sites for hydroxylation is 1. The molecule has 0 bridgehead atoms. The number of carbonyl (C=O) groups is 1. The molecular weight excluding hydrogens is 318 g/mol. The van der Waals surface area contributed by atoms with E-state index in [1.54, 1.807) is 11.8 Å². The van der Waals surface area contributed by atoms with Crippen LogP contribution in [-0.4, -0.2) is 28.5 Å². The van der Waals surface area contributed by atoms with Crippen LogP contribution in [0.15, 0.2) is 28.6 Å². The van der Waals surface area contributed by atoms with Gasteiger partial charge in [-0.25, -0.2) is 0 Å². The molecule has 0 saturated carbocycles. The molecule has 1 N–H and O–H groups in total. The Bertz CT molecular complexity index is 616. The standard InChI is InChI=1S/C15H19N3O2S2/c1-3-20-13(19)8-5-9-21-15-18-17-14(22-15)16-12-7-4-6-11(2)10-12/h4,6-7,10H,3,5,8-9H2,1-2H3,(H,16,17). The second-order valence-corrected chi connectivity index (χ2v) is 6.94. The van der Waals surface area contributed by atoms with Gasteiger partial charge >= 0.3 is 5.97 Å². The third kappa shape index (κ3) is 5.65. The highest BCUT2D eigenvalue weighted by Crippen LogP contribution is 2.28. The van der Waals surface area contributed by atoms with E-state index in [9.17, 15) is 4.79 Å². The maximum absolute atomic E-state index is 11.2. The van der Waals surface area contributed by atoms with Gasteiger partial charge in [0.15, 0.2) is 4.34 Å². The summed E-state index contributed by atoms with van der Waals surface area (Å²) in [6.45, 7) is 4.31. The number of nitrogens with zero attached hydrogens (tertiary/aromatic N) is 2. The highest BCUT2D eigenvalue weighted by atomic mass is 32.2. The quantitative estimate of drug-likeness (QED) is 0.446. The maximum Gasteiger partial charge on any atom is 0.305 e. The Hall–Kier alpha value is -1.60. The van der Waals surface area contributed by atoms with Gasteiger partial charge in [0.2, 0.25) is 5.13 Å². The second-order valence-electron chi connectivity index (χ2n) is 4.62. The number of carbonyl (C=O) groups excluding carboxylic acids is 1. The third-order valence-corrected chi connectivity index (χ3v) is 4.79. The van der Waals surface area contributed by atoms with Crippen LogP contribution >= 0.6 is 23.1 Å². The Labute approximate surface area is 138 Å². The van der Waals surface area contributed by atoms with Gasteiger partial charge in [-0.05, 0) is 38.0 Å². The fraction of sp³-hybridized carbons (Fsp3) is 0.400. The number of aromatic nitrogens is 2. The first-order valence-electron chi connectivity index (χ1n) is 7.13. The molecule has 0 atom stereocenters. The number of anilines is 2. The van der Waals surface area contributed by atoms with Crippen LogP contribution < -0.4 is 5.32 Å². The molecule has 0 aliphatic rings. The predicted octanol–water partition coefficient (Wildman–Crippen LogP) is 4.03. The minimum Gasteiger partial charge on any atom is -0.466 e. The molecule has 1 aromatic heterocycles. The first-order valence-corrected chi connectivity index (χ1v) is 8.93. The molecule has 22 heavy (non-hydrogen) atoms. The molecule has 1 heterocycles. The van der Waals surface area contributed by atoms with Gasteiger partial charge in [-0.3, -0.25) is 4.79 Å². The van der Waals surface area contributed by atoms with Crippen molar-refractivity contribution in [1.29, 1.82) is 0 Å². The van der Waals surface area contributed by atoms with Crippen LogP contribution in [0.3, 0.4) is 0 Å². The molecule has 0 spiro atoms. The van der Waals surface area contributed by atoms with Gasteiger partial charge in [-0.1, -0.05) is 35.2 Å². The van der Waals surface area contributed by atoms with Gasteiger partial charge in [0, 0.05) is 17.9 Å². The molecule has 0 aliphatic heterocycles. The van der Waals surface area contributed by atoms with Crippen LogP contribution in [0.2, 0.25) is 0 Å². The Morgan fingerprint density at radius 1 is 1.41 bits per heavy atom. The highest BCUT2D eigenvalue weighted by Gasteiger charge is 2.06. The number of hydrogen-bond acceptors (Lipinski definition) is 7. The van der Waals surface area contributed by atoms with E-state index in [0.29, 0.717) is 13.0 Å². The van der Waals surface area contributed by atoms with Crippen LogP contribution in [0.4, 0.5) is 10.8 Å². The highest BCUT2D eigenvalue weighted by molar-refractivity contribution is 8.01. The Balaban J connectivity index is 1.76. The number of rotatable bonds is 8. The summed E-state index contributed by atoms with van der Waals surface area (Å²) < 4.78 is 5.79. The zero-order valence-corrected chi connectivity index (χ0v) is 14.3.